The predicted molar refractivity (Wildman–Crippen MR) is 109 cm³/mol. The summed E-state index contributed by atoms with van der Waals surface area (Å²) >= 11 is 1.65. The zero-order valence-electron chi connectivity index (χ0n) is 15.9. The molecule has 0 aliphatic rings. The van der Waals surface area contributed by atoms with Crippen molar-refractivity contribution in [3.63, 3.8) is 0 Å². The van der Waals surface area contributed by atoms with Gasteiger partial charge in [-0.25, -0.2) is 0 Å². The minimum absolute atomic E-state index is 0.00238. The number of aromatic nitrogens is 3. The van der Waals surface area contributed by atoms with E-state index in [2.05, 4.69) is 71.8 Å². The van der Waals surface area contributed by atoms with Crippen molar-refractivity contribution in [2.24, 2.45) is 0 Å². The Balaban J connectivity index is 1.88. The zero-order valence-corrected chi connectivity index (χ0v) is 16.7. The maximum absolute atomic E-state index is 11.7. The lowest BCUT2D eigenvalue weighted by Gasteiger charge is -2.11. The maximum Gasteiger partial charge on any atom is 0.220 e. The molecular weight excluding hydrogens is 356 g/mol. The summed E-state index contributed by atoms with van der Waals surface area (Å²) in [5.74, 6) is 1.55. The van der Waals surface area contributed by atoms with E-state index in [4.69, 9.17) is 0 Å². The van der Waals surface area contributed by atoms with Crippen LogP contribution in [0.25, 0.3) is 5.69 Å². The van der Waals surface area contributed by atoms with Gasteiger partial charge < -0.3 is 5.32 Å². The molecule has 0 radical (unpaired) electrons. The predicted octanol–water partition coefficient (Wildman–Crippen LogP) is 4.20. The Morgan fingerprint density at radius 2 is 1.81 bits per heavy atom. The summed E-state index contributed by atoms with van der Waals surface area (Å²) in [5.41, 5.74) is 4.74. The van der Waals surface area contributed by atoms with Gasteiger partial charge in [-0.15, -0.1) is 10.2 Å². The summed E-state index contributed by atoms with van der Waals surface area (Å²) in [6.07, 6.45) is 0.452. The van der Waals surface area contributed by atoms with Crippen LogP contribution in [0.15, 0.2) is 53.7 Å². The van der Waals surface area contributed by atoms with E-state index in [1.54, 1.807) is 11.8 Å². The molecule has 27 heavy (non-hydrogen) atoms. The Kier molecular flexibility index (Phi) is 6.29. The number of carbonyl (C=O) groups is 1. The van der Waals surface area contributed by atoms with Crippen molar-refractivity contribution in [2.45, 2.75) is 44.6 Å². The normalized spacial score (nSPS) is 10.8. The minimum atomic E-state index is 0.00238. The van der Waals surface area contributed by atoms with Crippen molar-refractivity contribution >= 4 is 17.7 Å². The molecule has 0 unspecified atom stereocenters. The van der Waals surface area contributed by atoms with Gasteiger partial charge >= 0.3 is 0 Å². The van der Waals surface area contributed by atoms with E-state index in [0.29, 0.717) is 13.0 Å². The Morgan fingerprint density at radius 1 is 1.07 bits per heavy atom. The highest BCUT2D eigenvalue weighted by atomic mass is 32.2. The van der Waals surface area contributed by atoms with E-state index >= 15 is 0 Å². The van der Waals surface area contributed by atoms with Crippen LogP contribution in [0.1, 0.15) is 35.9 Å². The van der Waals surface area contributed by atoms with Crippen molar-refractivity contribution < 1.29 is 4.79 Å². The molecule has 0 bridgehead atoms. The molecule has 0 saturated carbocycles. The van der Waals surface area contributed by atoms with E-state index < -0.39 is 0 Å². The minimum Gasteiger partial charge on any atom is -0.349 e. The van der Waals surface area contributed by atoms with Crippen molar-refractivity contribution in [2.75, 3.05) is 0 Å². The first-order valence-corrected chi connectivity index (χ1v) is 10.0. The summed E-state index contributed by atoms with van der Waals surface area (Å²) in [6, 6.07) is 16.6. The number of nitrogens with one attached hydrogen (secondary N) is 1. The van der Waals surface area contributed by atoms with Gasteiger partial charge in [0.05, 0.1) is 6.54 Å². The van der Waals surface area contributed by atoms with E-state index in [0.717, 1.165) is 22.4 Å². The largest absolute Gasteiger partial charge is 0.349 e. The number of hydrogen-bond donors (Lipinski definition) is 1. The Morgan fingerprint density at radius 3 is 2.52 bits per heavy atom. The number of hydrogen-bond acceptors (Lipinski definition) is 4. The third kappa shape index (κ3) is 4.77. The summed E-state index contributed by atoms with van der Waals surface area (Å²) < 4.78 is 2.03. The molecule has 0 spiro atoms. The van der Waals surface area contributed by atoms with Crippen LogP contribution in [0.2, 0.25) is 0 Å². The number of thioether (sulfide) groups is 1. The van der Waals surface area contributed by atoms with Gasteiger partial charge in [-0.2, -0.15) is 0 Å². The van der Waals surface area contributed by atoms with Crippen LogP contribution in [0.3, 0.4) is 0 Å². The highest BCUT2D eigenvalue weighted by Crippen LogP contribution is 2.26. The van der Waals surface area contributed by atoms with Gasteiger partial charge in [0.1, 0.15) is 0 Å². The summed E-state index contributed by atoms with van der Waals surface area (Å²) in [6.45, 7) is 6.38. The highest BCUT2D eigenvalue weighted by Gasteiger charge is 2.15. The molecule has 0 fully saturated rings. The number of carbonyl (C=O) groups excluding carboxylic acids is 1. The fraction of sp³-hybridized carbons (Fsp3) is 0.286. The molecule has 1 heterocycles. The quantitative estimate of drug-likeness (QED) is 0.624. The second-order valence-electron chi connectivity index (χ2n) is 6.42. The Bertz CT molecular complexity index is 918. The Labute approximate surface area is 164 Å². The molecule has 0 atom stereocenters. The SMILES string of the molecule is CCC(=O)NCc1nnc(SCc2ccccc2C)n1-c1ccc(C)cc1. The first-order chi connectivity index (χ1) is 13.1. The Hall–Kier alpha value is -2.60. The van der Waals surface area contributed by atoms with Crippen LogP contribution in [0.5, 0.6) is 0 Å². The second kappa shape index (κ2) is 8.86. The maximum atomic E-state index is 11.7. The molecule has 1 amide bonds. The van der Waals surface area contributed by atoms with Crippen LogP contribution in [0, 0.1) is 13.8 Å². The number of benzene rings is 2. The third-order valence-corrected chi connectivity index (χ3v) is 5.35. The van der Waals surface area contributed by atoms with Gasteiger partial charge in [0, 0.05) is 17.9 Å². The number of aryl methyl sites for hydroxylation is 2. The molecule has 2 aromatic carbocycles. The van der Waals surface area contributed by atoms with Gasteiger partial charge in [-0.1, -0.05) is 60.6 Å². The monoisotopic (exact) mass is 380 g/mol. The number of amides is 1. The number of rotatable bonds is 7. The molecule has 1 N–H and O–H groups in total. The van der Waals surface area contributed by atoms with Gasteiger partial charge in [0.15, 0.2) is 11.0 Å². The van der Waals surface area contributed by atoms with E-state index in [-0.39, 0.29) is 5.91 Å². The third-order valence-electron chi connectivity index (χ3n) is 4.38. The lowest BCUT2D eigenvalue weighted by molar-refractivity contribution is -0.120. The molecule has 0 saturated heterocycles. The van der Waals surface area contributed by atoms with Crippen molar-refractivity contribution in [3.8, 4) is 5.69 Å². The van der Waals surface area contributed by atoms with E-state index in [9.17, 15) is 4.79 Å². The lowest BCUT2D eigenvalue weighted by Crippen LogP contribution is -2.23. The molecule has 3 aromatic rings. The first-order valence-electron chi connectivity index (χ1n) is 9.03. The standard InChI is InChI=1S/C21H24N4OS/c1-4-20(26)22-13-19-23-24-21(25(19)18-11-9-15(2)10-12-18)27-14-17-8-6-5-7-16(17)3/h5-12H,4,13-14H2,1-3H3,(H,22,26). The van der Waals surface area contributed by atoms with E-state index in [1.165, 1.54) is 16.7 Å². The first kappa shape index (κ1) is 19.2. The second-order valence-corrected chi connectivity index (χ2v) is 7.36. The molecule has 6 heteroatoms. The van der Waals surface area contributed by atoms with Gasteiger partial charge in [-0.3, -0.25) is 9.36 Å². The summed E-state index contributed by atoms with van der Waals surface area (Å²) in [5, 5.41) is 12.4. The van der Waals surface area contributed by atoms with Crippen molar-refractivity contribution in [3.05, 3.63) is 71.0 Å². The average Bonchev–Trinajstić information content (AvgIpc) is 3.09. The molecular formula is C21H24N4OS. The zero-order chi connectivity index (χ0) is 19.2. The van der Waals surface area contributed by atoms with E-state index in [1.807, 2.05) is 17.6 Å². The smallest absolute Gasteiger partial charge is 0.220 e. The molecule has 0 aliphatic carbocycles. The fourth-order valence-corrected chi connectivity index (χ4v) is 3.73. The molecule has 1 aromatic heterocycles. The molecule has 0 aliphatic heterocycles. The van der Waals surface area contributed by atoms with Crippen molar-refractivity contribution in [1.82, 2.24) is 20.1 Å². The number of nitrogens with zero attached hydrogens (tertiary/aromatic N) is 3. The lowest BCUT2D eigenvalue weighted by atomic mass is 10.1. The molecule has 140 valence electrons. The summed E-state index contributed by atoms with van der Waals surface area (Å²) in [7, 11) is 0. The van der Waals surface area contributed by atoms with Crippen LogP contribution in [-0.2, 0) is 17.1 Å². The van der Waals surface area contributed by atoms with Crippen molar-refractivity contribution in [1.29, 1.82) is 0 Å². The van der Waals surface area contributed by atoms with Crippen LogP contribution in [0.4, 0.5) is 0 Å². The summed E-state index contributed by atoms with van der Waals surface area (Å²) in [4.78, 5) is 11.7. The highest BCUT2D eigenvalue weighted by molar-refractivity contribution is 7.98. The molecule has 3 rings (SSSR count). The van der Waals surface area contributed by atoms with Crippen LogP contribution >= 0.6 is 11.8 Å². The van der Waals surface area contributed by atoms with Crippen LogP contribution < -0.4 is 5.32 Å². The van der Waals surface area contributed by atoms with Crippen LogP contribution in [-0.4, -0.2) is 20.7 Å². The van der Waals surface area contributed by atoms with Gasteiger partial charge in [0.2, 0.25) is 5.91 Å². The fourth-order valence-electron chi connectivity index (χ4n) is 2.68. The van der Waals surface area contributed by atoms with Gasteiger partial charge in [0.25, 0.3) is 0 Å². The topological polar surface area (TPSA) is 59.8 Å². The average molecular weight is 381 g/mol. The molecule has 5 nitrogen and oxygen atoms in total. The van der Waals surface area contributed by atoms with Gasteiger partial charge in [-0.05, 0) is 37.1 Å².